The van der Waals surface area contributed by atoms with Gasteiger partial charge < -0.3 is 15.4 Å². The third-order valence-electron chi connectivity index (χ3n) is 2.45. The van der Waals surface area contributed by atoms with Crippen LogP contribution < -0.4 is 10.6 Å². The first-order valence-electron chi connectivity index (χ1n) is 6.46. The maximum atomic E-state index is 11.7. The number of anilines is 1. The van der Waals surface area contributed by atoms with E-state index in [-0.39, 0.29) is 37.3 Å². The highest BCUT2D eigenvalue weighted by molar-refractivity contribution is 6.27. The first-order chi connectivity index (χ1) is 10.1. The summed E-state index contributed by atoms with van der Waals surface area (Å²) in [4.78, 5) is 34.2. The lowest BCUT2D eigenvalue weighted by atomic mass is 10.2. The van der Waals surface area contributed by atoms with Gasteiger partial charge in [0.25, 0.3) is 0 Å². The van der Waals surface area contributed by atoms with Gasteiger partial charge in [0.05, 0.1) is 12.2 Å². The molecule has 1 aromatic carbocycles. The summed E-state index contributed by atoms with van der Waals surface area (Å²) in [5.41, 5.74) is 0.860. The molecule has 0 aliphatic heterocycles. The van der Waals surface area contributed by atoms with Crippen LogP contribution in [0.25, 0.3) is 0 Å². The Labute approximate surface area is 127 Å². The minimum Gasteiger partial charge on any atom is -0.462 e. The molecule has 0 saturated carbocycles. The number of hydrogen-bond acceptors (Lipinski definition) is 4. The Morgan fingerprint density at radius 2 is 2.00 bits per heavy atom. The molecule has 0 atom stereocenters. The first kappa shape index (κ1) is 17.0. The topological polar surface area (TPSA) is 84.5 Å². The number of alkyl halides is 1. The van der Waals surface area contributed by atoms with Crippen molar-refractivity contribution >= 4 is 35.1 Å². The molecular weight excluding hydrogens is 296 g/mol. The number of amides is 2. The Kier molecular flexibility index (Phi) is 7.25. The molecule has 6 nitrogen and oxygen atoms in total. The molecule has 7 heteroatoms. The second kappa shape index (κ2) is 8.97. The molecule has 0 unspecified atom stereocenters. The van der Waals surface area contributed by atoms with Gasteiger partial charge in [-0.2, -0.15) is 0 Å². The van der Waals surface area contributed by atoms with E-state index in [1.165, 1.54) is 6.07 Å². The molecule has 0 saturated heterocycles. The van der Waals surface area contributed by atoms with Crippen LogP contribution in [0.15, 0.2) is 24.3 Å². The molecule has 21 heavy (non-hydrogen) atoms. The summed E-state index contributed by atoms with van der Waals surface area (Å²) in [6.07, 6.45) is 0.117. The highest BCUT2D eigenvalue weighted by Crippen LogP contribution is 2.12. The molecule has 2 N–H and O–H groups in total. The molecular formula is C14H17ClN2O4. The van der Waals surface area contributed by atoms with Crippen LogP contribution >= 0.6 is 11.6 Å². The lowest BCUT2D eigenvalue weighted by molar-refractivity contribution is -0.119. The van der Waals surface area contributed by atoms with Crippen molar-refractivity contribution in [1.29, 1.82) is 0 Å². The highest BCUT2D eigenvalue weighted by atomic mass is 35.5. The van der Waals surface area contributed by atoms with Crippen LogP contribution in [0.5, 0.6) is 0 Å². The summed E-state index contributed by atoms with van der Waals surface area (Å²) >= 11 is 5.31. The molecule has 0 aliphatic carbocycles. The van der Waals surface area contributed by atoms with E-state index < -0.39 is 5.97 Å². The lowest BCUT2D eigenvalue weighted by Gasteiger charge is -2.07. The summed E-state index contributed by atoms with van der Waals surface area (Å²) in [6.45, 7) is 2.21. The predicted octanol–water partition coefficient (Wildman–Crippen LogP) is 1.55. The second-order valence-electron chi connectivity index (χ2n) is 4.08. The van der Waals surface area contributed by atoms with Crippen LogP contribution in [0.2, 0.25) is 0 Å². The van der Waals surface area contributed by atoms with Crippen LogP contribution in [0.4, 0.5) is 5.69 Å². The zero-order chi connectivity index (χ0) is 15.7. The lowest BCUT2D eigenvalue weighted by Crippen LogP contribution is -2.28. The van der Waals surface area contributed by atoms with Gasteiger partial charge in [0.2, 0.25) is 11.8 Å². The molecule has 0 radical (unpaired) electrons. The van der Waals surface area contributed by atoms with Gasteiger partial charge >= 0.3 is 5.97 Å². The second-order valence-corrected chi connectivity index (χ2v) is 4.35. The van der Waals surface area contributed by atoms with E-state index in [0.29, 0.717) is 11.3 Å². The molecule has 0 spiro atoms. The van der Waals surface area contributed by atoms with Crippen LogP contribution in [-0.2, 0) is 14.3 Å². The van der Waals surface area contributed by atoms with Gasteiger partial charge in [-0.1, -0.05) is 6.07 Å². The average molecular weight is 313 g/mol. The van der Waals surface area contributed by atoms with Crippen molar-refractivity contribution in [2.45, 2.75) is 13.3 Å². The Hall–Kier alpha value is -2.08. The molecule has 114 valence electrons. The third kappa shape index (κ3) is 6.27. The minimum absolute atomic E-state index is 0.117. The Morgan fingerprint density at radius 1 is 1.24 bits per heavy atom. The number of esters is 1. The Balaban J connectivity index is 2.50. The van der Waals surface area contributed by atoms with E-state index in [0.717, 1.165) is 0 Å². The van der Waals surface area contributed by atoms with Crippen molar-refractivity contribution < 1.29 is 19.1 Å². The zero-order valence-corrected chi connectivity index (χ0v) is 12.4. The maximum absolute atomic E-state index is 11.7. The van der Waals surface area contributed by atoms with Crippen LogP contribution in [0.1, 0.15) is 23.7 Å². The van der Waals surface area contributed by atoms with Gasteiger partial charge in [-0.25, -0.2) is 4.79 Å². The number of halogens is 1. The van der Waals surface area contributed by atoms with Crippen LogP contribution in [0, 0.1) is 0 Å². The highest BCUT2D eigenvalue weighted by Gasteiger charge is 2.08. The fourth-order valence-electron chi connectivity index (χ4n) is 1.52. The van der Waals surface area contributed by atoms with E-state index >= 15 is 0 Å². The summed E-state index contributed by atoms with van der Waals surface area (Å²) in [6, 6.07) is 6.46. The standard InChI is InChI=1S/C14H17ClN2O4/c1-2-21-14(20)10-4-3-5-11(8-10)17-12(18)6-7-16-13(19)9-15/h3-5,8H,2,6-7,9H2,1H3,(H,16,19)(H,17,18). The third-order valence-corrected chi connectivity index (χ3v) is 2.70. The number of benzene rings is 1. The molecule has 0 bridgehead atoms. The van der Waals surface area contributed by atoms with Crippen molar-refractivity contribution in [2.75, 3.05) is 24.3 Å². The van der Waals surface area contributed by atoms with Crippen molar-refractivity contribution in [3.63, 3.8) is 0 Å². The molecule has 0 fully saturated rings. The van der Waals surface area contributed by atoms with Crippen molar-refractivity contribution in [3.05, 3.63) is 29.8 Å². The van der Waals surface area contributed by atoms with E-state index in [2.05, 4.69) is 10.6 Å². The quantitative estimate of drug-likeness (QED) is 0.591. The van der Waals surface area contributed by atoms with Gasteiger partial charge in [-0.05, 0) is 25.1 Å². The number of carbonyl (C=O) groups excluding carboxylic acids is 3. The van der Waals surface area contributed by atoms with Crippen molar-refractivity contribution in [3.8, 4) is 0 Å². The van der Waals surface area contributed by atoms with E-state index in [1.54, 1.807) is 25.1 Å². The monoisotopic (exact) mass is 312 g/mol. The fourth-order valence-corrected chi connectivity index (χ4v) is 1.62. The summed E-state index contributed by atoms with van der Waals surface area (Å²) < 4.78 is 4.88. The normalized spacial score (nSPS) is 9.81. The molecule has 0 heterocycles. The first-order valence-corrected chi connectivity index (χ1v) is 7.00. The number of rotatable bonds is 7. The van der Waals surface area contributed by atoms with Crippen molar-refractivity contribution in [2.24, 2.45) is 0 Å². The molecule has 1 rings (SSSR count). The molecule has 0 aromatic heterocycles. The molecule has 1 aromatic rings. The maximum Gasteiger partial charge on any atom is 0.338 e. The summed E-state index contributed by atoms with van der Waals surface area (Å²) in [5, 5.41) is 5.13. The van der Waals surface area contributed by atoms with Gasteiger partial charge in [-0.3, -0.25) is 9.59 Å². The minimum atomic E-state index is -0.442. The average Bonchev–Trinajstić information content (AvgIpc) is 2.47. The predicted molar refractivity (Wildman–Crippen MR) is 79.4 cm³/mol. The van der Waals surface area contributed by atoms with E-state index in [1.807, 2.05) is 0 Å². The summed E-state index contributed by atoms with van der Waals surface area (Å²) in [5.74, 6) is -1.17. The number of hydrogen-bond donors (Lipinski definition) is 2. The van der Waals surface area contributed by atoms with Crippen LogP contribution in [-0.4, -0.2) is 36.8 Å². The van der Waals surface area contributed by atoms with E-state index in [4.69, 9.17) is 16.3 Å². The smallest absolute Gasteiger partial charge is 0.338 e. The molecule has 0 aliphatic rings. The fraction of sp³-hybridized carbons (Fsp3) is 0.357. The van der Waals surface area contributed by atoms with Gasteiger partial charge in [0.1, 0.15) is 5.88 Å². The Morgan fingerprint density at radius 3 is 2.67 bits per heavy atom. The summed E-state index contributed by atoms with van der Waals surface area (Å²) in [7, 11) is 0. The van der Waals surface area contributed by atoms with Gasteiger partial charge in [0, 0.05) is 18.7 Å². The SMILES string of the molecule is CCOC(=O)c1cccc(NC(=O)CCNC(=O)CCl)c1. The van der Waals surface area contributed by atoms with Gasteiger partial charge in [0.15, 0.2) is 0 Å². The van der Waals surface area contributed by atoms with Crippen molar-refractivity contribution in [1.82, 2.24) is 5.32 Å². The van der Waals surface area contributed by atoms with E-state index in [9.17, 15) is 14.4 Å². The Bertz CT molecular complexity index is 519. The number of carbonyl (C=O) groups is 3. The zero-order valence-electron chi connectivity index (χ0n) is 11.6. The number of nitrogens with one attached hydrogen (secondary N) is 2. The van der Waals surface area contributed by atoms with Gasteiger partial charge in [-0.15, -0.1) is 11.6 Å². The number of ether oxygens (including phenoxy) is 1. The molecule has 2 amide bonds. The van der Waals surface area contributed by atoms with Crippen LogP contribution in [0.3, 0.4) is 0 Å². The largest absolute Gasteiger partial charge is 0.462 e.